The minimum atomic E-state index is -0.289. The second-order valence-electron chi connectivity index (χ2n) is 6.32. The zero-order valence-corrected chi connectivity index (χ0v) is 13.7. The Hall–Kier alpha value is -1.40. The zero-order chi connectivity index (χ0) is 15.6. The van der Waals surface area contributed by atoms with Crippen molar-refractivity contribution in [1.29, 1.82) is 0 Å². The molecule has 1 aromatic heterocycles. The number of hydrogen-bond acceptors (Lipinski definition) is 6. The maximum Gasteiger partial charge on any atom is 0.137 e. The molecule has 0 radical (unpaired) electrons. The molecule has 0 aromatic carbocycles. The van der Waals surface area contributed by atoms with E-state index < -0.39 is 0 Å². The first-order valence-electron chi connectivity index (χ1n) is 7.56. The Morgan fingerprint density at radius 2 is 2.14 bits per heavy atom. The van der Waals surface area contributed by atoms with Crippen LogP contribution in [0.3, 0.4) is 0 Å². The maximum absolute atomic E-state index is 10.1. The fraction of sp³-hybridized carbons (Fsp3) is 0.733. The van der Waals surface area contributed by atoms with Crippen molar-refractivity contribution in [3.8, 4) is 0 Å². The first-order chi connectivity index (χ1) is 9.93. The largest absolute Gasteiger partial charge is 0.391 e. The Bertz CT molecular complexity index is 477. The van der Waals surface area contributed by atoms with E-state index in [9.17, 15) is 5.11 Å². The molecule has 1 saturated heterocycles. The monoisotopic (exact) mass is 293 g/mol. The number of aliphatic hydroxyl groups excluding tert-OH is 1. The van der Waals surface area contributed by atoms with Gasteiger partial charge in [0.25, 0.3) is 0 Å². The van der Waals surface area contributed by atoms with E-state index >= 15 is 0 Å². The van der Waals surface area contributed by atoms with Crippen LogP contribution < -0.4 is 10.2 Å². The fourth-order valence-corrected chi connectivity index (χ4v) is 3.09. The Morgan fingerprint density at radius 1 is 1.43 bits per heavy atom. The summed E-state index contributed by atoms with van der Waals surface area (Å²) in [4.78, 5) is 13.3. The quantitative estimate of drug-likeness (QED) is 0.849. The molecule has 6 heteroatoms. The molecule has 0 amide bonds. The highest BCUT2D eigenvalue weighted by Gasteiger charge is 2.34. The second-order valence-corrected chi connectivity index (χ2v) is 6.32. The van der Waals surface area contributed by atoms with Gasteiger partial charge in [0.1, 0.15) is 18.0 Å². The van der Waals surface area contributed by atoms with Crippen LogP contribution in [0.4, 0.5) is 11.6 Å². The Morgan fingerprint density at radius 3 is 2.71 bits per heavy atom. The lowest BCUT2D eigenvalue weighted by Gasteiger charge is -2.30. The van der Waals surface area contributed by atoms with Gasteiger partial charge in [-0.25, -0.2) is 9.97 Å². The lowest BCUT2D eigenvalue weighted by Crippen LogP contribution is -2.38. The minimum Gasteiger partial charge on any atom is -0.391 e. The standard InChI is InChI=1S/C15H27N5O/c1-10(2)13-14(16-3)17-9-18-15(13)20-8-12(21)6-11(20)7-19(4)5/h9-12,21H,6-8H2,1-5H3,(H,16,17,18). The lowest BCUT2D eigenvalue weighted by atomic mass is 10.0. The predicted molar refractivity (Wildman–Crippen MR) is 86.0 cm³/mol. The Balaban J connectivity index is 2.39. The highest BCUT2D eigenvalue weighted by Crippen LogP contribution is 2.34. The number of aromatic nitrogens is 2. The van der Waals surface area contributed by atoms with Crippen LogP contribution in [0.2, 0.25) is 0 Å². The van der Waals surface area contributed by atoms with Gasteiger partial charge in [0.15, 0.2) is 0 Å². The molecular formula is C15H27N5O. The molecule has 2 rings (SSSR count). The molecule has 0 aliphatic carbocycles. The molecule has 0 spiro atoms. The van der Waals surface area contributed by atoms with Gasteiger partial charge in [0.2, 0.25) is 0 Å². The summed E-state index contributed by atoms with van der Waals surface area (Å²) in [7, 11) is 6.00. The third-order valence-corrected chi connectivity index (χ3v) is 3.92. The average Bonchev–Trinajstić information content (AvgIpc) is 2.77. The molecule has 118 valence electrons. The first-order valence-corrected chi connectivity index (χ1v) is 7.56. The van der Waals surface area contributed by atoms with Gasteiger partial charge in [-0.3, -0.25) is 0 Å². The summed E-state index contributed by atoms with van der Waals surface area (Å²) >= 11 is 0. The average molecular weight is 293 g/mol. The smallest absolute Gasteiger partial charge is 0.137 e. The van der Waals surface area contributed by atoms with E-state index in [0.717, 1.165) is 30.2 Å². The molecular weight excluding hydrogens is 266 g/mol. The molecule has 1 aliphatic rings. The highest BCUT2D eigenvalue weighted by molar-refractivity contribution is 5.61. The number of aliphatic hydroxyl groups is 1. The van der Waals surface area contributed by atoms with Crippen molar-refractivity contribution in [1.82, 2.24) is 14.9 Å². The molecule has 6 nitrogen and oxygen atoms in total. The summed E-state index contributed by atoms with van der Waals surface area (Å²) in [5, 5.41) is 13.2. The minimum absolute atomic E-state index is 0.284. The highest BCUT2D eigenvalue weighted by atomic mass is 16.3. The van der Waals surface area contributed by atoms with Gasteiger partial charge < -0.3 is 20.2 Å². The van der Waals surface area contributed by atoms with Crippen LogP contribution in [-0.4, -0.2) is 66.4 Å². The van der Waals surface area contributed by atoms with Crippen molar-refractivity contribution in [2.45, 2.75) is 38.3 Å². The maximum atomic E-state index is 10.1. The van der Waals surface area contributed by atoms with E-state index in [1.807, 2.05) is 7.05 Å². The van der Waals surface area contributed by atoms with Crippen LogP contribution in [0.5, 0.6) is 0 Å². The van der Waals surface area contributed by atoms with Crippen molar-refractivity contribution in [2.75, 3.05) is 44.4 Å². The summed E-state index contributed by atoms with van der Waals surface area (Å²) in [6, 6.07) is 0.284. The first kappa shape index (κ1) is 16.0. The van der Waals surface area contributed by atoms with E-state index in [4.69, 9.17) is 0 Å². The van der Waals surface area contributed by atoms with Crippen molar-refractivity contribution >= 4 is 11.6 Å². The van der Waals surface area contributed by atoms with E-state index in [0.29, 0.717) is 12.5 Å². The predicted octanol–water partition coefficient (Wildman–Crippen LogP) is 1.14. The molecule has 2 unspecified atom stereocenters. The van der Waals surface area contributed by atoms with Crippen molar-refractivity contribution < 1.29 is 5.11 Å². The fourth-order valence-electron chi connectivity index (χ4n) is 3.09. The number of likely N-dealkylation sites (N-methyl/N-ethyl adjacent to an activating group) is 1. The number of nitrogens with one attached hydrogen (secondary N) is 1. The zero-order valence-electron chi connectivity index (χ0n) is 13.7. The number of nitrogens with zero attached hydrogens (tertiary/aromatic N) is 4. The van der Waals surface area contributed by atoms with E-state index in [1.165, 1.54) is 0 Å². The van der Waals surface area contributed by atoms with Crippen molar-refractivity contribution in [3.63, 3.8) is 0 Å². The van der Waals surface area contributed by atoms with Crippen LogP contribution >= 0.6 is 0 Å². The van der Waals surface area contributed by atoms with Gasteiger partial charge in [0.05, 0.1) is 6.10 Å². The third-order valence-electron chi connectivity index (χ3n) is 3.92. The Kier molecular flexibility index (Phi) is 5.00. The van der Waals surface area contributed by atoms with Gasteiger partial charge in [-0.1, -0.05) is 13.8 Å². The second kappa shape index (κ2) is 6.58. The van der Waals surface area contributed by atoms with Gasteiger partial charge >= 0.3 is 0 Å². The lowest BCUT2D eigenvalue weighted by molar-refractivity contribution is 0.191. The van der Waals surface area contributed by atoms with Gasteiger partial charge in [-0.15, -0.1) is 0 Å². The summed E-state index contributed by atoms with van der Waals surface area (Å²) in [6.07, 6.45) is 2.10. The summed E-state index contributed by atoms with van der Waals surface area (Å²) in [5.41, 5.74) is 1.12. The molecule has 2 heterocycles. The SMILES string of the molecule is CNc1ncnc(N2CC(O)CC2CN(C)C)c1C(C)C. The third kappa shape index (κ3) is 3.44. The van der Waals surface area contributed by atoms with E-state index in [-0.39, 0.29) is 12.1 Å². The summed E-state index contributed by atoms with van der Waals surface area (Å²) < 4.78 is 0. The van der Waals surface area contributed by atoms with Crippen LogP contribution in [0, 0.1) is 0 Å². The molecule has 0 bridgehead atoms. The molecule has 2 atom stereocenters. The van der Waals surface area contributed by atoms with Gasteiger partial charge in [-0.05, 0) is 26.4 Å². The molecule has 1 aliphatic heterocycles. The molecule has 2 N–H and O–H groups in total. The van der Waals surface area contributed by atoms with Crippen LogP contribution in [-0.2, 0) is 0 Å². The van der Waals surface area contributed by atoms with E-state index in [1.54, 1.807) is 6.33 Å². The van der Waals surface area contributed by atoms with Crippen LogP contribution in [0.1, 0.15) is 31.7 Å². The molecule has 0 saturated carbocycles. The summed E-state index contributed by atoms with van der Waals surface area (Å²) in [6.45, 7) is 5.85. The van der Waals surface area contributed by atoms with Crippen molar-refractivity contribution in [2.24, 2.45) is 0 Å². The van der Waals surface area contributed by atoms with E-state index in [2.05, 4.69) is 53.0 Å². The van der Waals surface area contributed by atoms with Crippen LogP contribution in [0.15, 0.2) is 6.33 Å². The number of rotatable bonds is 5. The molecule has 1 fully saturated rings. The number of hydrogen-bond donors (Lipinski definition) is 2. The number of β-amino-alcohol motifs (C(OH)–C–C–N with tert-alkyl or cyclic N) is 1. The molecule has 1 aromatic rings. The normalized spacial score (nSPS) is 22.4. The molecule has 21 heavy (non-hydrogen) atoms. The van der Waals surface area contributed by atoms with Crippen molar-refractivity contribution in [3.05, 3.63) is 11.9 Å². The Labute approximate surface area is 127 Å². The summed E-state index contributed by atoms with van der Waals surface area (Å²) in [5.74, 6) is 2.15. The van der Waals surface area contributed by atoms with Crippen LogP contribution in [0.25, 0.3) is 0 Å². The number of anilines is 2. The topological polar surface area (TPSA) is 64.5 Å². The van der Waals surface area contributed by atoms with Gasteiger partial charge in [-0.2, -0.15) is 0 Å². The van der Waals surface area contributed by atoms with Gasteiger partial charge in [0, 0.05) is 31.7 Å².